The molecular formula is C12H15NO. The second-order valence-corrected chi connectivity index (χ2v) is 3.11. The summed E-state index contributed by atoms with van der Waals surface area (Å²) in [6, 6.07) is 5.56. The molecule has 0 saturated carbocycles. The lowest BCUT2D eigenvalue weighted by atomic mass is 10.1. The number of benzene rings is 1. The number of aromatic hydroxyl groups is 1. The number of rotatable bonds is 4. The highest BCUT2D eigenvalue weighted by molar-refractivity contribution is 5.35. The monoisotopic (exact) mass is 189 g/mol. The fourth-order valence-electron chi connectivity index (χ4n) is 1.16. The first kappa shape index (κ1) is 10.4. The van der Waals surface area contributed by atoms with Gasteiger partial charge in [0.15, 0.2) is 0 Å². The first-order chi connectivity index (χ1) is 6.74. The van der Waals surface area contributed by atoms with Crippen molar-refractivity contribution in [2.75, 3.05) is 0 Å². The summed E-state index contributed by atoms with van der Waals surface area (Å²) in [5.74, 6) is 0.329. The molecule has 0 bridgehead atoms. The van der Waals surface area contributed by atoms with Crippen molar-refractivity contribution in [1.82, 2.24) is 5.32 Å². The first-order valence-electron chi connectivity index (χ1n) is 4.53. The third-order valence-electron chi connectivity index (χ3n) is 1.88. The summed E-state index contributed by atoms with van der Waals surface area (Å²) in [6.45, 7) is 6.19. The van der Waals surface area contributed by atoms with Crippen LogP contribution in [0.5, 0.6) is 5.75 Å². The zero-order chi connectivity index (χ0) is 10.4. The van der Waals surface area contributed by atoms with Crippen molar-refractivity contribution in [2.24, 2.45) is 0 Å². The number of nitrogens with one attached hydrogen (secondary N) is 1. The van der Waals surface area contributed by atoms with Crippen LogP contribution in [0.25, 0.3) is 0 Å². The van der Waals surface area contributed by atoms with E-state index in [9.17, 15) is 5.11 Å². The molecule has 1 aromatic carbocycles. The Morgan fingerprint density at radius 3 is 3.00 bits per heavy atom. The van der Waals surface area contributed by atoms with Gasteiger partial charge in [0.05, 0.1) is 0 Å². The van der Waals surface area contributed by atoms with Crippen molar-refractivity contribution in [2.45, 2.75) is 13.5 Å². The van der Waals surface area contributed by atoms with Gasteiger partial charge in [-0.05, 0) is 25.3 Å². The normalized spacial score (nSPS) is 10.4. The number of hydrogen-bond donors (Lipinski definition) is 2. The topological polar surface area (TPSA) is 32.3 Å². The molecule has 1 aromatic rings. The summed E-state index contributed by atoms with van der Waals surface area (Å²) < 4.78 is 0. The molecule has 0 fully saturated rings. The van der Waals surface area contributed by atoms with Crippen LogP contribution in [0.2, 0.25) is 0 Å². The Morgan fingerprint density at radius 2 is 2.29 bits per heavy atom. The number of phenolic OH excluding ortho intramolecular Hbond substituents is 1. The van der Waals surface area contributed by atoms with Gasteiger partial charge >= 0.3 is 0 Å². The largest absolute Gasteiger partial charge is 0.508 e. The predicted octanol–water partition coefficient (Wildman–Crippen LogP) is 2.49. The van der Waals surface area contributed by atoms with Crippen molar-refractivity contribution >= 4 is 0 Å². The van der Waals surface area contributed by atoms with Crippen molar-refractivity contribution in [3.63, 3.8) is 0 Å². The Labute approximate surface area is 84.6 Å². The molecule has 0 radical (unpaired) electrons. The molecule has 0 heterocycles. The van der Waals surface area contributed by atoms with E-state index in [-0.39, 0.29) is 0 Å². The van der Waals surface area contributed by atoms with E-state index < -0.39 is 0 Å². The Hall–Kier alpha value is -1.70. The average Bonchev–Trinajstić information content (AvgIpc) is 2.18. The number of phenols is 1. The summed E-state index contributed by atoms with van der Waals surface area (Å²) in [5, 5.41) is 12.6. The lowest BCUT2D eigenvalue weighted by Gasteiger charge is -2.05. The molecule has 1 rings (SSSR count). The molecule has 14 heavy (non-hydrogen) atoms. The van der Waals surface area contributed by atoms with Crippen LogP contribution in [0.1, 0.15) is 11.1 Å². The molecule has 2 N–H and O–H groups in total. The van der Waals surface area contributed by atoms with Crippen molar-refractivity contribution in [3.05, 3.63) is 54.3 Å². The number of hydrogen-bond acceptors (Lipinski definition) is 2. The van der Waals surface area contributed by atoms with Crippen LogP contribution in [0.3, 0.4) is 0 Å². The van der Waals surface area contributed by atoms with Crippen LogP contribution in [-0.4, -0.2) is 5.11 Å². The second-order valence-electron chi connectivity index (χ2n) is 3.11. The van der Waals surface area contributed by atoms with Gasteiger partial charge in [-0.3, -0.25) is 0 Å². The molecule has 0 saturated heterocycles. The molecule has 0 aliphatic carbocycles. The maximum Gasteiger partial charge on any atom is 0.120 e. The zero-order valence-electron chi connectivity index (χ0n) is 8.33. The van der Waals surface area contributed by atoms with Crippen molar-refractivity contribution in [3.8, 4) is 5.75 Å². The predicted molar refractivity (Wildman–Crippen MR) is 59.0 cm³/mol. The summed E-state index contributed by atoms with van der Waals surface area (Å²) in [7, 11) is 0. The minimum atomic E-state index is 0.329. The Kier molecular flexibility index (Phi) is 3.80. The number of allylic oxidation sites excluding steroid dienone is 2. The van der Waals surface area contributed by atoms with Crippen molar-refractivity contribution in [1.29, 1.82) is 0 Å². The minimum absolute atomic E-state index is 0.329. The summed E-state index contributed by atoms with van der Waals surface area (Å²) >= 11 is 0. The van der Waals surface area contributed by atoms with Crippen LogP contribution >= 0.6 is 0 Å². The molecule has 2 heteroatoms. The van der Waals surface area contributed by atoms with Gasteiger partial charge in [-0.2, -0.15) is 0 Å². The molecular weight excluding hydrogens is 174 g/mol. The standard InChI is InChI=1S/C12H15NO/c1-3-4-7-13-9-11-8-10(2)5-6-12(11)14/h3-8,13-14H,1,9H2,2H3. The smallest absolute Gasteiger partial charge is 0.120 e. The molecule has 0 unspecified atom stereocenters. The first-order valence-corrected chi connectivity index (χ1v) is 4.53. The van der Waals surface area contributed by atoms with E-state index in [1.807, 2.05) is 25.1 Å². The fraction of sp³-hybridized carbons (Fsp3) is 0.167. The lowest BCUT2D eigenvalue weighted by molar-refractivity contribution is 0.466. The molecule has 0 spiro atoms. The lowest BCUT2D eigenvalue weighted by Crippen LogP contribution is -2.04. The van der Waals surface area contributed by atoms with Gasteiger partial charge in [0, 0.05) is 12.1 Å². The third-order valence-corrected chi connectivity index (χ3v) is 1.88. The Bertz CT molecular complexity index is 342. The SMILES string of the molecule is C=CC=CNCc1cc(C)ccc1O. The molecule has 0 amide bonds. The van der Waals surface area contributed by atoms with Crippen LogP contribution in [-0.2, 0) is 6.54 Å². The fourth-order valence-corrected chi connectivity index (χ4v) is 1.16. The maximum absolute atomic E-state index is 9.51. The highest BCUT2D eigenvalue weighted by atomic mass is 16.3. The van der Waals surface area contributed by atoms with Gasteiger partial charge in [0.2, 0.25) is 0 Å². The average molecular weight is 189 g/mol. The molecule has 74 valence electrons. The summed E-state index contributed by atoms with van der Waals surface area (Å²) in [4.78, 5) is 0. The van der Waals surface area contributed by atoms with Gasteiger partial charge in [0.25, 0.3) is 0 Å². The quantitative estimate of drug-likeness (QED) is 0.713. The highest BCUT2D eigenvalue weighted by Crippen LogP contribution is 2.17. The Morgan fingerprint density at radius 1 is 1.50 bits per heavy atom. The zero-order valence-corrected chi connectivity index (χ0v) is 8.33. The van der Waals surface area contributed by atoms with E-state index in [0.717, 1.165) is 11.1 Å². The highest BCUT2D eigenvalue weighted by Gasteiger charge is 1.98. The number of aryl methyl sites for hydroxylation is 1. The van der Waals surface area contributed by atoms with Gasteiger partial charge in [-0.25, -0.2) is 0 Å². The molecule has 2 nitrogen and oxygen atoms in total. The van der Waals surface area contributed by atoms with E-state index in [0.29, 0.717) is 12.3 Å². The van der Waals surface area contributed by atoms with Gasteiger partial charge in [-0.15, -0.1) is 0 Å². The minimum Gasteiger partial charge on any atom is -0.508 e. The third kappa shape index (κ3) is 2.98. The second kappa shape index (κ2) is 5.12. The van der Waals surface area contributed by atoms with Crippen LogP contribution in [0.15, 0.2) is 43.1 Å². The summed E-state index contributed by atoms with van der Waals surface area (Å²) in [5.41, 5.74) is 2.05. The van der Waals surface area contributed by atoms with E-state index >= 15 is 0 Å². The van der Waals surface area contributed by atoms with E-state index in [2.05, 4.69) is 11.9 Å². The van der Waals surface area contributed by atoms with Gasteiger partial charge < -0.3 is 10.4 Å². The van der Waals surface area contributed by atoms with Crippen molar-refractivity contribution < 1.29 is 5.11 Å². The molecule has 0 atom stereocenters. The van der Waals surface area contributed by atoms with Gasteiger partial charge in [0.1, 0.15) is 5.75 Å². The molecule has 0 aliphatic rings. The van der Waals surface area contributed by atoms with Crippen LogP contribution in [0.4, 0.5) is 0 Å². The maximum atomic E-state index is 9.51. The Balaban J connectivity index is 2.61. The van der Waals surface area contributed by atoms with Crippen LogP contribution in [0, 0.1) is 6.92 Å². The van der Waals surface area contributed by atoms with Gasteiger partial charge in [-0.1, -0.05) is 30.4 Å². The molecule has 0 aromatic heterocycles. The molecule has 0 aliphatic heterocycles. The summed E-state index contributed by atoms with van der Waals surface area (Å²) in [6.07, 6.45) is 5.31. The van der Waals surface area contributed by atoms with E-state index in [1.54, 1.807) is 18.3 Å². The van der Waals surface area contributed by atoms with E-state index in [1.165, 1.54) is 0 Å². The van der Waals surface area contributed by atoms with Crippen LogP contribution < -0.4 is 5.32 Å². The van der Waals surface area contributed by atoms with E-state index in [4.69, 9.17) is 0 Å².